The number of rotatable bonds is 3. The molecule has 4 rings (SSSR count). The monoisotopic (exact) mass is 357 g/mol. The smallest absolute Gasteiger partial charge is 0.180 e. The highest BCUT2D eigenvalue weighted by Gasteiger charge is 2.19. The predicted molar refractivity (Wildman–Crippen MR) is 91.8 cm³/mol. The Morgan fingerprint density at radius 2 is 1.76 bits per heavy atom. The van der Waals surface area contributed by atoms with Crippen LogP contribution in [0.2, 0.25) is 5.02 Å². The van der Waals surface area contributed by atoms with E-state index >= 15 is 0 Å². The molecule has 0 aliphatic heterocycles. The Kier molecular flexibility index (Phi) is 3.77. The molecule has 0 saturated heterocycles. The number of benzene rings is 2. The fraction of sp³-hybridized carbons (Fsp3) is 0. The van der Waals surface area contributed by atoms with Gasteiger partial charge in [-0.3, -0.25) is 5.10 Å². The minimum absolute atomic E-state index is 0.189. The average molecular weight is 358 g/mol. The highest BCUT2D eigenvalue weighted by molar-refractivity contribution is 6.33. The molecule has 0 atom stereocenters. The second-order valence-electron chi connectivity index (χ2n) is 5.26. The van der Waals surface area contributed by atoms with E-state index < -0.39 is 11.6 Å². The molecule has 0 amide bonds. The van der Waals surface area contributed by atoms with E-state index in [-0.39, 0.29) is 11.1 Å². The number of anilines is 2. The van der Waals surface area contributed by atoms with Gasteiger partial charge in [-0.1, -0.05) is 29.8 Å². The largest absolute Gasteiger partial charge is 0.337 e. The number of aromatic amines is 1. The van der Waals surface area contributed by atoms with Crippen LogP contribution in [-0.4, -0.2) is 20.4 Å². The second kappa shape index (κ2) is 6.10. The third kappa shape index (κ3) is 2.68. The van der Waals surface area contributed by atoms with E-state index in [0.717, 1.165) is 0 Å². The Morgan fingerprint density at radius 1 is 1.00 bits per heavy atom. The van der Waals surface area contributed by atoms with Crippen LogP contribution in [0.3, 0.4) is 0 Å². The van der Waals surface area contributed by atoms with Gasteiger partial charge in [0.05, 0.1) is 27.9 Å². The topological polar surface area (TPSA) is 66.5 Å². The molecule has 5 nitrogen and oxygen atoms in total. The first-order chi connectivity index (χ1) is 12.1. The minimum atomic E-state index is -0.695. The SMILES string of the molecule is Fc1cccc(F)c1-c1cnnc2[nH]nc(Nc3ccccc3Cl)c12. The van der Waals surface area contributed by atoms with Crippen LogP contribution in [0, 0.1) is 11.6 Å². The fourth-order valence-corrected chi connectivity index (χ4v) is 2.78. The zero-order valence-electron chi connectivity index (χ0n) is 12.6. The number of H-pyrrole nitrogens is 1. The maximum Gasteiger partial charge on any atom is 0.180 e. The Hall–Kier alpha value is -3.06. The van der Waals surface area contributed by atoms with E-state index in [9.17, 15) is 8.78 Å². The predicted octanol–water partition coefficient (Wildman–Crippen LogP) is 4.70. The van der Waals surface area contributed by atoms with E-state index in [1.54, 1.807) is 24.3 Å². The summed E-state index contributed by atoms with van der Waals surface area (Å²) in [6, 6.07) is 10.8. The van der Waals surface area contributed by atoms with Crippen molar-refractivity contribution in [1.82, 2.24) is 20.4 Å². The van der Waals surface area contributed by atoms with Crippen molar-refractivity contribution in [2.45, 2.75) is 0 Å². The third-order valence-corrected chi connectivity index (χ3v) is 4.05. The lowest BCUT2D eigenvalue weighted by Crippen LogP contribution is -1.96. The van der Waals surface area contributed by atoms with Gasteiger partial charge in [-0.25, -0.2) is 8.78 Å². The zero-order chi connectivity index (χ0) is 17.4. The first-order valence-electron chi connectivity index (χ1n) is 7.31. The number of hydrogen-bond acceptors (Lipinski definition) is 4. The van der Waals surface area contributed by atoms with E-state index in [4.69, 9.17) is 11.6 Å². The van der Waals surface area contributed by atoms with Crippen LogP contribution in [0.15, 0.2) is 48.7 Å². The van der Waals surface area contributed by atoms with Crippen molar-refractivity contribution in [2.24, 2.45) is 0 Å². The van der Waals surface area contributed by atoms with Gasteiger partial charge in [0.15, 0.2) is 11.5 Å². The Balaban J connectivity index is 1.93. The number of aromatic nitrogens is 4. The normalized spacial score (nSPS) is 11.0. The van der Waals surface area contributed by atoms with Crippen LogP contribution in [0.5, 0.6) is 0 Å². The molecule has 8 heteroatoms. The quantitative estimate of drug-likeness (QED) is 0.558. The maximum absolute atomic E-state index is 14.2. The van der Waals surface area contributed by atoms with E-state index in [2.05, 4.69) is 25.7 Å². The molecule has 0 aliphatic carbocycles. The molecular formula is C17H10ClF2N5. The number of hydrogen-bond donors (Lipinski definition) is 2. The first kappa shape index (κ1) is 15.5. The fourth-order valence-electron chi connectivity index (χ4n) is 2.59. The number of halogens is 3. The van der Waals surface area contributed by atoms with Crippen molar-refractivity contribution in [1.29, 1.82) is 0 Å². The van der Waals surface area contributed by atoms with Crippen LogP contribution in [0.4, 0.5) is 20.3 Å². The summed E-state index contributed by atoms with van der Waals surface area (Å²) >= 11 is 6.15. The first-order valence-corrected chi connectivity index (χ1v) is 7.68. The molecule has 0 aliphatic rings. The zero-order valence-corrected chi connectivity index (χ0v) is 13.4. The van der Waals surface area contributed by atoms with Gasteiger partial charge in [-0.15, -0.1) is 5.10 Å². The van der Waals surface area contributed by atoms with Gasteiger partial charge in [-0.05, 0) is 24.3 Å². The number of fused-ring (bicyclic) bond motifs is 1. The van der Waals surface area contributed by atoms with Gasteiger partial charge < -0.3 is 5.32 Å². The van der Waals surface area contributed by atoms with Crippen LogP contribution < -0.4 is 5.32 Å². The molecule has 0 fully saturated rings. The van der Waals surface area contributed by atoms with Crippen molar-refractivity contribution in [2.75, 3.05) is 5.32 Å². The van der Waals surface area contributed by atoms with Crippen molar-refractivity contribution in [3.63, 3.8) is 0 Å². The minimum Gasteiger partial charge on any atom is -0.337 e. The average Bonchev–Trinajstić information content (AvgIpc) is 3.01. The Labute approximate surface area is 145 Å². The lowest BCUT2D eigenvalue weighted by Gasteiger charge is -2.09. The van der Waals surface area contributed by atoms with Gasteiger partial charge in [0.2, 0.25) is 0 Å². The van der Waals surface area contributed by atoms with Crippen molar-refractivity contribution < 1.29 is 8.78 Å². The number of nitrogens with zero attached hydrogens (tertiary/aromatic N) is 3. The molecule has 2 aromatic carbocycles. The molecule has 124 valence electrons. The summed E-state index contributed by atoms with van der Waals surface area (Å²) in [5.74, 6) is -1.05. The van der Waals surface area contributed by atoms with Crippen molar-refractivity contribution >= 4 is 34.1 Å². The third-order valence-electron chi connectivity index (χ3n) is 3.72. The molecule has 4 aromatic rings. The van der Waals surface area contributed by atoms with Gasteiger partial charge in [-0.2, -0.15) is 10.2 Å². The summed E-state index contributed by atoms with van der Waals surface area (Å²) in [5.41, 5.74) is 0.957. The standard InChI is InChI=1S/C17H10ClF2N5/c18-10-4-1-2-7-13(10)22-16-15-9(8-21-23-17(15)25-24-16)14-11(19)5-3-6-12(14)20/h1-8H,(H2,22,23,24,25). The molecule has 2 heterocycles. The van der Waals surface area contributed by atoms with Crippen LogP contribution >= 0.6 is 11.6 Å². The second-order valence-corrected chi connectivity index (χ2v) is 5.66. The van der Waals surface area contributed by atoms with E-state index in [1.807, 2.05) is 0 Å². The molecule has 0 radical (unpaired) electrons. The van der Waals surface area contributed by atoms with Crippen LogP contribution in [-0.2, 0) is 0 Å². The Morgan fingerprint density at radius 3 is 2.52 bits per heavy atom. The maximum atomic E-state index is 14.2. The molecule has 2 N–H and O–H groups in total. The summed E-state index contributed by atoms with van der Waals surface area (Å²) in [7, 11) is 0. The molecule has 0 spiro atoms. The number of nitrogens with one attached hydrogen (secondary N) is 2. The molecule has 0 saturated carbocycles. The van der Waals surface area contributed by atoms with Gasteiger partial charge in [0, 0.05) is 5.56 Å². The van der Waals surface area contributed by atoms with Crippen LogP contribution in [0.25, 0.3) is 22.2 Å². The van der Waals surface area contributed by atoms with Crippen molar-refractivity contribution in [3.8, 4) is 11.1 Å². The summed E-state index contributed by atoms with van der Waals surface area (Å²) in [5, 5.41) is 18.5. The van der Waals surface area contributed by atoms with E-state index in [0.29, 0.717) is 27.6 Å². The molecule has 25 heavy (non-hydrogen) atoms. The lowest BCUT2D eigenvalue weighted by atomic mass is 10.0. The highest BCUT2D eigenvalue weighted by atomic mass is 35.5. The molecular weight excluding hydrogens is 348 g/mol. The van der Waals surface area contributed by atoms with Gasteiger partial charge in [0.1, 0.15) is 11.6 Å². The van der Waals surface area contributed by atoms with E-state index in [1.165, 1.54) is 24.4 Å². The summed E-state index contributed by atoms with van der Waals surface area (Å²) < 4.78 is 28.5. The van der Waals surface area contributed by atoms with Crippen LogP contribution in [0.1, 0.15) is 0 Å². The van der Waals surface area contributed by atoms with Gasteiger partial charge >= 0.3 is 0 Å². The Bertz CT molecular complexity index is 1060. The summed E-state index contributed by atoms with van der Waals surface area (Å²) in [6.45, 7) is 0. The summed E-state index contributed by atoms with van der Waals surface area (Å²) in [4.78, 5) is 0. The number of para-hydroxylation sites is 1. The molecule has 0 bridgehead atoms. The lowest BCUT2D eigenvalue weighted by molar-refractivity contribution is 0.589. The van der Waals surface area contributed by atoms with Gasteiger partial charge in [0.25, 0.3) is 0 Å². The molecule has 2 aromatic heterocycles. The highest BCUT2D eigenvalue weighted by Crippen LogP contribution is 2.35. The van der Waals surface area contributed by atoms with Crippen molar-refractivity contribution in [3.05, 3.63) is 65.3 Å². The summed E-state index contributed by atoms with van der Waals surface area (Å²) in [6.07, 6.45) is 1.30. The molecule has 0 unspecified atom stereocenters.